The van der Waals surface area contributed by atoms with Crippen molar-refractivity contribution in [2.45, 2.75) is 50.9 Å². The number of carbonyl (C=O) groups excluding carboxylic acids is 1. The van der Waals surface area contributed by atoms with Gasteiger partial charge < -0.3 is 14.4 Å². The molecule has 4 atom stereocenters. The van der Waals surface area contributed by atoms with Crippen molar-refractivity contribution in [3.8, 4) is 11.5 Å². The number of nitrogens with zero attached hydrogens (tertiary/aromatic N) is 1. The Bertz CT molecular complexity index is 737. The number of hydrogen-bond donors (Lipinski definition) is 0. The molecule has 2 fully saturated rings. The first-order valence-electron chi connectivity index (χ1n) is 10.7. The van der Waals surface area contributed by atoms with Gasteiger partial charge in [-0.2, -0.15) is 0 Å². The molecule has 2 aliphatic heterocycles. The largest absolute Gasteiger partial charge is 0.454 e. The molecule has 0 radical (unpaired) electrons. The molecular formula is C23H29NO3. The van der Waals surface area contributed by atoms with E-state index in [4.69, 9.17) is 9.47 Å². The van der Waals surface area contributed by atoms with Crippen molar-refractivity contribution in [2.75, 3.05) is 19.9 Å². The van der Waals surface area contributed by atoms with Crippen LogP contribution in [0.4, 0.5) is 0 Å². The normalized spacial score (nSPS) is 32.2. The van der Waals surface area contributed by atoms with Crippen LogP contribution in [0.2, 0.25) is 0 Å². The van der Waals surface area contributed by atoms with Gasteiger partial charge in [-0.1, -0.05) is 31.1 Å². The highest BCUT2D eigenvalue weighted by Gasteiger charge is 2.44. The van der Waals surface area contributed by atoms with Gasteiger partial charge in [-0.25, -0.2) is 0 Å². The summed E-state index contributed by atoms with van der Waals surface area (Å²) in [4.78, 5) is 15.8. The zero-order valence-electron chi connectivity index (χ0n) is 15.9. The molecule has 4 aliphatic rings. The number of allylic oxidation sites excluding steroid dienone is 2. The number of piperidine rings is 1. The Morgan fingerprint density at radius 3 is 2.63 bits per heavy atom. The Hall–Kier alpha value is -1.97. The predicted octanol–water partition coefficient (Wildman–Crippen LogP) is 4.50. The molecule has 0 spiro atoms. The summed E-state index contributed by atoms with van der Waals surface area (Å²) in [7, 11) is 0. The van der Waals surface area contributed by atoms with E-state index >= 15 is 0 Å². The quantitative estimate of drug-likeness (QED) is 0.722. The van der Waals surface area contributed by atoms with E-state index in [0.717, 1.165) is 37.4 Å². The molecule has 0 N–H and O–H groups in total. The van der Waals surface area contributed by atoms with Gasteiger partial charge in [0.05, 0.1) is 5.92 Å². The van der Waals surface area contributed by atoms with Crippen molar-refractivity contribution >= 4 is 5.91 Å². The zero-order chi connectivity index (χ0) is 18.2. The number of benzene rings is 1. The molecule has 0 aromatic heterocycles. The highest BCUT2D eigenvalue weighted by atomic mass is 16.7. The van der Waals surface area contributed by atoms with E-state index in [1.165, 1.54) is 37.7 Å². The molecule has 0 bridgehead atoms. The maximum atomic E-state index is 13.7. The van der Waals surface area contributed by atoms with Crippen LogP contribution in [0.5, 0.6) is 11.5 Å². The average molecular weight is 367 g/mol. The molecule has 5 rings (SSSR count). The third-order valence-electron chi connectivity index (χ3n) is 7.02. The van der Waals surface area contributed by atoms with E-state index in [9.17, 15) is 4.79 Å². The van der Waals surface area contributed by atoms with E-state index in [0.29, 0.717) is 24.5 Å². The number of carbonyl (C=O) groups is 1. The number of likely N-dealkylation sites (tertiary alicyclic amines) is 1. The summed E-state index contributed by atoms with van der Waals surface area (Å²) >= 11 is 0. The van der Waals surface area contributed by atoms with Crippen molar-refractivity contribution in [1.82, 2.24) is 4.90 Å². The minimum atomic E-state index is 0.0683. The second-order valence-electron chi connectivity index (χ2n) is 8.55. The predicted molar refractivity (Wildman–Crippen MR) is 104 cm³/mol. The fourth-order valence-corrected chi connectivity index (χ4v) is 5.62. The summed E-state index contributed by atoms with van der Waals surface area (Å²) in [6.07, 6.45) is 13.2. The summed E-state index contributed by atoms with van der Waals surface area (Å²) in [6, 6.07) is 6.22. The van der Waals surface area contributed by atoms with Crippen molar-refractivity contribution in [3.05, 3.63) is 35.9 Å². The highest BCUT2D eigenvalue weighted by Crippen LogP contribution is 2.48. The Morgan fingerprint density at radius 2 is 1.74 bits per heavy atom. The number of hydrogen-bond acceptors (Lipinski definition) is 3. The molecule has 1 aromatic rings. The maximum Gasteiger partial charge on any atom is 0.231 e. The number of fused-ring (bicyclic) bond motifs is 2. The molecule has 1 aromatic carbocycles. The lowest BCUT2D eigenvalue weighted by Crippen LogP contribution is -2.47. The lowest BCUT2D eigenvalue weighted by atomic mass is 9.63. The Kier molecular flexibility index (Phi) is 4.58. The molecule has 1 saturated carbocycles. The fraction of sp³-hybridized carbons (Fsp3) is 0.609. The van der Waals surface area contributed by atoms with Gasteiger partial charge in [-0.05, 0) is 61.6 Å². The Morgan fingerprint density at radius 1 is 0.926 bits per heavy atom. The van der Waals surface area contributed by atoms with Crippen LogP contribution in [0, 0.1) is 17.8 Å². The van der Waals surface area contributed by atoms with Crippen LogP contribution in [0.25, 0.3) is 0 Å². The minimum absolute atomic E-state index is 0.0683. The van der Waals surface area contributed by atoms with Crippen LogP contribution in [-0.4, -0.2) is 30.7 Å². The molecule has 2 aliphatic carbocycles. The lowest BCUT2D eigenvalue weighted by molar-refractivity contribution is -0.140. The molecule has 4 nitrogen and oxygen atoms in total. The first kappa shape index (κ1) is 17.2. The summed E-state index contributed by atoms with van der Waals surface area (Å²) in [6.45, 7) is 2.16. The lowest BCUT2D eigenvalue weighted by Gasteiger charge is -2.44. The molecule has 1 amide bonds. The average Bonchev–Trinajstić information content (AvgIpc) is 3.21. The van der Waals surface area contributed by atoms with Crippen LogP contribution in [0.1, 0.15) is 56.4 Å². The topological polar surface area (TPSA) is 38.8 Å². The number of amides is 1. The van der Waals surface area contributed by atoms with Gasteiger partial charge in [0, 0.05) is 19.0 Å². The van der Waals surface area contributed by atoms with Gasteiger partial charge >= 0.3 is 0 Å². The van der Waals surface area contributed by atoms with Gasteiger partial charge in [0.2, 0.25) is 12.7 Å². The standard InChI is InChI=1S/C23H29NO3/c25-23(24-12-4-1-5-13-24)22-18-7-3-2-6-16(18)8-10-19(22)17-9-11-20-21(14-17)27-15-26-20/h8-11,14,16,18-19,22H,1-7,12-13,15H2/t16-,18+,19-,22-/m1/s1. The van der Waals surface area contributed by atoms with Gasteiger partial charge in [-0.3, -0.25) is 4.79 Å². The Balaban J connectivity index is 1.50. The SMILES string of the molecule is O=C([C@@H]1[C@H]2CCCC[C@@H]2C=C[C@@H]1c1ccc2c(c1)OCO2)N1CCCCC1. The first-order chi connectivity index (χ1) is 13.3. The van der Waals surface area contributed by atoms with Gasteiger partial charge in [-0.15, -0.1) is 0 Å². The van der Waals surface area contributed by atoms with Crippen LogP contribution in [-0.2, 0) is 4.79 Å². The molecule has 0 unspecified atom stereocenters. The minimum Gasteiger partial charge on any atom is -0.454 e. The number of ether oxygens (including phenoxy) is 2. The van der Waals surface area contributed by atoms with E-state index in [1.807, 2.05) is 6.07 Å². The molecular weight excluding hydrogens is 338 g/mol. The Labute approximate surface area is 161 Å². The third kappa shape index (κ3) is 3.13. The van der Waals surface area contributed by atoms with E-state index in [1.54, 1.807) is 0 Å². The molecule has 2 heterocycles. The van der Waals surface area contributed by atoms with E-state index in [-0.39, 0.29) is 11.8 Å². The van der Waals surface area contributed by atoms with Crippen molar-refractivity contribution in [2.24, 2.45) is 17.8 Å². The second kappa shape index (κ2) is 7.21. The highest BCUT2D eigenvalue weighted by molar-refractivity contribution is 5.81. The monoisotopic (exact) mass is 367 g/mol. The van der Waals surface area contributed by atoms with Crippen LogP contribution >= 0.6 is 0 Å². The van der Waals surface area contributed by atoms with Crippen LogP contribution < -0.4 is 9.47 Å². The van der Waals surface area contributed by atoms with E-state index < -0.39 is 0 Å². The fourth-order valence-electron chi connectivity index (χ4n) is 5.62. The van der Waals surface area contributed by atoms with Crippen LogP contribution in [0.3, 0.4) is 0 Å². The van der Waals surface area contributed by atoms with Crippen LogP contribution in [0.15, 0.2) is 30.4 Å². The van der Waals surface area contributed by atoms with Crippen molar-refractivity contribution in [3.63, 3.8) is 0 Å². The maximum absolute atomic E-state index is 13.7. The molecule has 27 heavy (non-hydrogen) atoms. The van der Waals surface area contributed by atoms with Gasteiger partial charge in [0.15, 0.2) is 11.5 Å². The van der Waals surface area contributed by atoms with Gasteiger partial charge in [0.25, 0.3) is 0 Å². The molecule has 4 heteroatoms. The summed E-state index contributed by atoms with van der Waals surface area (Å²) < 4.78 is 11.1. The second-order valence-corrected chi connectivity index (χ2v) is 8.55. The number of rotatable bonds is 2. The zero-order valence-corrected chi connectivity index (χ0v) is 15.9. The summed E-state index contributed by atoms with van der Waals surface area (Å²) in [5, 5.41) is 0. The summed E-state index contributed by atoms with van der Waals surface area (Å²) in [5.74, 6) is 3.28. The molecule has 1 saturated heterocycles. The first-order valence-corrected chi connectivity index (χ1v) is 10.7. The summed E-state index contributed by atoms with van der Waals surface area (Å²) in [5.41, 5.74) is 1.19. The van der Waals surface area contributed by atoms with Gasteiger partial charge in [0.1, 0.15) is 0 Å². The van der Waals surface area contributed by atoms with E-state index in [2.05, 4.69) is 29.2 Å². The smallest absolute Gasteiger partial charge is 0.231 e. The molecule has 144 valence electrons. The van der Waals surface area contributed by atoms with Crippen molar-refractivity contribution < 1.29 is 14.3 Å². The third-order valence-corrected chi connectivity index (χ3v) is 7.02. The van der Waals surface area contributed by atoms with Crippen molar-refractivity contribution in [1.29, 1.82) is 0 Å².